The summed E-state index contributed by atoms with van der Waals surface area (Å²) in [6.45, 7) is 16.2. The number of para-hydroxylation sites is 2. The minimum atomic E-state index is -0.154. The molecule has 0 spiro atoms. The van der Waals surface area contributed by atoms with E-state index in [1.165, 1.54) is 83.7 Å². The Morgan fingerprint density at radius 3 is 1.83 bits per heavy atom. The summed E-state index contributed by atoms with van der Waals surface area (Å²) in [6.07, 6.45) is 13.9. The Hall–Kier alpha value is -5.93. The van der Waals surface area contributed by atoms with E-state index in [0.717, 1.165) is 38.8 Å². The van der Waals surface area contributed by atoms with Crippen molar-refractivity contribution in [1.82, 2.24) is 0 Å². The van der Waals surface area contributed by atoms with E-state index >= 15 is 0 Å². The van der Waals surface area contributed by atoms with Crippen LogP contribution in [0.15, 0.2) is 180 Å². The van der Waals surface area contributed by atoms with Gasteiger partial charge in [-0.25, -0.2) is 0 Å². The van der Waals surface area contributed by atoms with Crippen LogP contribution in [0.25, 0.3) is 21.5 Å². The summed E-state index contributed by atoms with van der Waals surface area (Å²) in [7, 11) is 0. The Kier molecular flexibility index (Phi) is 10.8. The number of nitrogens with zero attached hydrogens (tertiary/aromatic N) is 3. The number of allylic oxidation sites excluding steroid dienone is 7. The van der Waals surface area contributed by atoms with Crippen LogP contribution in [0.1, 0.15) is 85.8 Å². The molecule has 298 valence electrons. The summed E-state index contributed by atoms with van der Waals surface area (Å²) in [5, 5.41) is 5.33. The molecule has 0 amide bonds. The highest BCUT2D eigenvalue weighted by molar-refractivity contribution is 6.08. The minimum Gasteiger partial charge on any atom is -0.344 e. The van der Waals surface area contributed by atoms with Crippen molar-refractivity contribution in [2.45, 2.75) is 85.5 Å². The SMILES string of the molecule is C.CCCN1/C(=C/C=C2\CCC(/C=C/C3=[N+](CCC)c4ccc5ccccc5c4C3(C)C)=C2N(c2ccccc2)c2ccccc2)C(C)(C)c2c1ccc1ccccc21. The number of hydrogen-bond acceptors (Lipinski definition) is 2. The monoisotopic (exact) mass is 774 g/mol. The van der Waals surface area contributed by atoms with Crippen LogP contribution < -0.4 is 9.80 Å². The molecule has 2 aliphatic heterocycles. The van der Waals surface area contributed by atoms with E-state index in [1.807, 2.05) is 0 Å². The fourth-order valence-corrected chi connectivity index (χ4v) is 10.2. The van der Waals surface area contributed by atoms with Crippen LogP contribution in [0.2, 0.25) is 0 Å². The van der Waals surface area contributed by atoms with Crippen molar-refractivity contribution in [3.05, 3.63) is 191 Å². The molecule has 0 radical (unpaired) electrons. The van der Waals surface area contributed by atoms with Gasteiger partial charge >= 0.3 is 0 Å². The van der Waals surface area contributed by atoms with E-state index < -0.39 is 0 Å². The first-order valence-corrected chi connectivity index (χ1v) is 21.4. The number of anilines is 3. The van der Waals surface area contributed by atoms with Crippen molar-refractivity contribution in [3.8, 4) is 0 Å². The van der Waals surface area contributed by atoms with Crippen molar-refractivity contribution >= 4 is 50.0 Å². The van der Waals surface area contributed by atoms with Gasteiger partial charge in [-0.1, -0.05) is 138 Å². The molecule has 2 heterocycles. The summed E-state index contributed by atoms with van der Waals surface area (Å²) in [6, 6.07) is 49.0. The normalized spacial score (nSPS) is 18.1. The molecule has 3 aliphatic rings. The zero-order chi connectivity index (χ0) is 40.0. The lowest BCUT2D eigenvalue weighted by molar-refractivity contribution is -0.437. The first-order chi connectivity index (χ1) is 28.2. The van der Waals surface area contributed by atoms with E-state index in [2.05, 4.69) is 214 Å². The van der Waals surface area contributed by atoms with Crippen LogP contribution >= 0.6 is 0 Å². The fraction of sp³-hybridized carbons (Fsp3) is 0.268. The molecule has 0 saturated heterocycles. The smallest absolute Gasteiger partial charge is 0.210 e. The number of rotatable bonds is 10. The maximum atomic E-state index is 2.59. The molecule has 3 heteroatoms. The van der Waals surface area contributed by atoms with Crippen LogP contribution in [0.3, 0.4) is 0 Å². The molecule has 0 fully saturated rings. The topological polar surface area (TPSA) is 9.49 Å². The first kappa shape index (κ1) is 39.9. The maximum Gasteiger partial charge on any atom is 0.210 e. The Morgan fingerprint density at radius 2 is 1.20 bits per heavy atom. The van der Waals surface area contributed by atoms with Crippen molar-refractivity contribution in [3.63, 3.8) is 0 Å². The molecular weight excluding hydrogens is 715 g/mol. The van der Waals surface area contributed by atoms with Gasteiger partial charge in [0.25, 0.3) is 0 Å². The summed E-state index contributed by atoms with van der Waals surface area (Å²) in [4.78, 5) is 5.09. The molecule has 0 bridgehead atoms. The van der Waals surface area contributed by atoms with Gasteiger partial charge in [0, 0.05) is 58.8 Å². The highest BCUT2D eigenvalue weighted by Crippen LogP contribution is 2.51. The molecule has 0 aromatic heterocycles. The lowest BCUT2D eigenvalue weighted by atomic mass is 9.79. The van der Waals surface area contributed by atoms with Gasteiger partial charge in [-0.05, 0) is 114 Å². The lowest BCUT2D eigenvalue weighted by Crippen LogP contribution is -2.28. The molecule has 6 aromatic carbocycles. The molecule has 1 aliphatic carbocycles. The number of benzene rings is 6. The van der Waals surface area contributed by atoms with Crippen LogP contribution in [-0.2, 0) is 10.8 Å². The molecule has 0 atom stereocenters. The van der Waals surface area contributed by atoms with Gasteiger partial charge in [-0.15, -0.1) is 0 Å². The van der Waals surface area contributed by atoms with Gasteiger partial charge in [0.05, 0.1) is 11.1 Å². The molecular formula is C56H60N3+. The van der Waals surface area contributed by atoms with E-state index in [0.29, 0.717) is 0 Å². The van der Waals surface area contributed by atoms with Gasteiger partial charge < -0.3 is 9.80 Å². The molecule has 59 heavy (non-hydrogen) atoms. The Balaban J connectivity index is 0.00000484. The van der Waals surface area contributed by atoms with E-state index in [-0.39, 0.29) is 18.3 Å². The second kappa shape index (κ2) is 16.0. The standard InChI is InChI=1S/C55H56N3.CH4/c1-7-37-56-47-33-29-39-19-15-17-25-45(39)51(47)54(3,4)49(56)35-31-41-27-28-42(53(41)58(43-21-11-9-12-22-43)44-23-13-10-14-24-44)32-36-50-55(5,6)52-46-26-18-16-20-40(46)30-34-48(52)57(50)38-8-2;/h9-26,29-36H,7-8,27-28,37-38H2,1-6H3;1H4/q+1;. The second-order valence-electron chi connectivity index (χ2n) is 17.3. The largest absolute Gasteiger partial charge is 0.344 e. The van der Waals surface area contributed by atoms with Gasteiger partial charge in [-0.3, -0.25) is 0 Å². The van der Waals surface area contributed by atoms with Crippen molar-refractivity contribution in [2.24, 2.45) is 0 Å². The Bertz CT molecular complexity index is 2650. The average molecular weight is 775 g/mol. The van der Waals surface area contributed by atoms with Gasteiger partial charge in [0.15, 0.2) is 5.71 Å². The first-order valence-electron chi connectivity index (χ1n) is 21.4. The third kappa shape index (κ3) is 6.75. The van der Waals surface area contributed by atoms with Crippen molar-refractivity contribution < 1.29 is 4.58 Å². The van der Waals surface area contributed by atoms with E-state index in [9.17, 15) is 0 Å². The van der Waals surface area contributed by atoms with Crippen molar-refractivity contribution in [1.29, 1.82) is 0 Å². The van der Waals surface area contributed by atoms with Crippen LogP contribution in [-0.4, -0.2) is 23.4 Å². The average Bonchev–Trinajstić information content (AvgIpc) is 3.81. The highest BCUT2D eigenvalue weighted by atomic mass is 15.2. The molecule has 0 unspecified atom stereocenters. The minimum absolute atomic E-state index is 0. The van der Waals surface area contributed by atoms with Crippen LogP contribution in [0.4, 0.5) is 22.7 Å². The summed E-state index contributed by atoms with van der Waals surface area (Å²) < 4.78 is 2.59. The molecule has 0 N–H and O–H groups in total. The number of fused-ring (bicyclic) bond motifs is 6. The predicted octanol–water partition coefficient (Wildman–Crippen LogP) is 14.9. The van der Waals surface area contributed by atoms with E-state index in [4.69, 9.17) is 0 Å². The summed E-state index contributed by atoms with van der Waals surface area (Å²) in [5.41, 5.74) is 14.3. The van der Waals surface area contributed by atoms with Gasteiger partial charge in [-0.2, -0.15) is 4.58 Å². The van der Waals surface area contributed by atoms with Crippen LogP contribution in [0.5, 0.6) is 0 Å². The summed E-state index contributed by atoms with van der Waals surface area (Å²) >= 11 is 0. The lowest BCUT2D eigenvalue weighted by Gasteiger charge is -2.29. The fourth-order valence-electron chi connectivity index (χ4n) is 10.2. The summed E-state index contributed by atoms with van der Waals surface area (Å²) in [5.74, 6) is 0. The highest BCUT2D eigenvalue weighted by Gasteiger charge is 2.45. The third-order valence-corrected chi connectivity index (χ3v) is 12.8. The van der Waals surface area contributed by atoms with E-state index in [1.54, 1.807) is 0 Å². The van der Waals surface area contributed by atoms with Gasteiger partial charge in [0.2, 0.25) is 5.69 Å². The molecule has 0 saturated carbocycles. The quantitative estimate of drug-likeness (QED) is 0.128. The molecule has 3 nitrogen and oxygen atoms in total. The third-order valence-electron chi connectivity index (χ3n) is 12.8. The molecule has 9 rings (SSSR count). The number of hydrogen-bond donors (Lipinski definition) is 0. The van der Waals surface area contributed by atoms with Gasteiger partial charge in [0.1, 0.15) is 6.54 Å². The second-order valence-corrected chi connectivity index (χ2v) is 17.3. The zero-order valence-corrected chi connectivity index (χ0v) is 35.1. The predicted molar refractivity (Wildman–Crippen MR) is 255 cm³/mol. The Morgan fingerprint density at radius 1 is 0.610 bits per heavy atom. The van der Waals surface area contributed by atoms with Crippen LogP contribution in [0, 0.1) is 0 Å². The maximum absolute atomic E-state index is 2.59. The van der Waals surface area contributed by atoms with Crippen molar-refractivity contribution in [2.75, 3.05) is 22.9 Å². The zero-order valence-electron chi connectivity index (χ0n) is 35.1. The molecule has 6 aromatic rings. The Labute approximate surface area is 353 Å².